The van der Waals surface area contributed by atoms with Crippen LogP contribution in [0.3, 0.4) is 0 Å². The molecule has 2 aliphatic rings. The molecule has 2 fully saturated rings. The number of likely N-dealkylation sites (N-methyl/N-ethyl adjacent to an activating group) is 1. The summed E-state index contributed by atoms with van der Waals surface area (Å²) >= 11 is 0. The third-order valence-corrected chi connectivity index (χ3v) is 3.34. The molecule has 0 aromatic carbocycles. The third-order valence-electron chi connectivity index (χ3n) is 3.34. The molecule has 0 N–H and O–H groups in total. The van der Waals surface area contributed by atoms with Crippen molar-refractivity contribution >= 4 is 6.09 Å². The van der Waals surface area contributed by atoms with Crippen LogP contribution in [0.25, 0.3) is 0 Å². The van der Waals surface area contributed by atoms with Gasteiger partial charge in [0.25, 0.3) is 0 Å². The minimum atomic E-state index is -0.384. The van der Waals surface area contributed by atoms with Crippen molar-refractivity contribution in [1.82, 2.24) is 9.80 Å². The molecule has 0 saturated carbocycles. The highest BCUT2D eigenvalue weighted by molar-refractivity contribution is 5.70. The fraction of sp³-hybridized carbons (Fsp3) is 0.909. The van der Waals surface area contributed by atoms with Crippen LogP contribution in [0.1, 0.15) is 27.2 Å². The smallest absolute Gasteiger partial charge is 0.410 e. The maximum Gasteiger partial charge on any atom is 0.410 e. The fourth-order valence-electron chi connectivity index (χ4n) is 2.17. The molecule has 1 amide bonds. The molecule has 2 rings (SSSR count). The van der Waals surface area contributed by atoms with E-state index in [9.17, 15) is 4.79 Å². The van der Waals surface area contributed by atoms with Gasteiger partial charge < -0.3 is 9.64 Å². The van der Waals surface area contributed by atoms with Gasteiger partial charge in [0.2, 0.25) is 0 Å². The minimum Gasteiger partial charge on any atom is -0.444 e. The Hall–Kier alpha value is -0.770. The fourth-order valence-corrected chi connectivity index (χ4v) is 2.17. The van der Waals surface area contributed by atoms with Crippen LogP contribution in [0.4, 0.5) is 4.79 Å². The molecule has 2 aliphatic heterocycles. The number of carbonyl (C=O) groups excluding carboxylic acids is 1. The number of ether oxygens (including phenoxy) is 1. The quantitative estimate of drug-likeness (QED) is 0.607. The Morgan fingerprint density at radius 3 is 2.27 bits per heavy atom. The molecular formula is C11H20N2O2. The molecule has 0 aromatic heterocycles. The van der Waals surface area contributed by atoms with Gasteiger partial charge in [-0.25, -0.2) is 4.79 Å². The highest BCUT2D eigenvalue weighted by Gasteiger charge is 2.53. The predicted octanol–water partition coefficient (Wildman–Crippen LogP) is 1.31. The summed E-state index contributed by atoms with van der Waals surface area (Å²) in [6.45, 7) is 8.51. The second-order valence-corrected chi connectivity index (χ2v) is 5.73. The molecule has 0 aliphatic carbocycles. The van der Waals surface area contributed by atoms with Crippen LogP contribution in [0, 0.1) is 0 Å². The molecule has 2 heterocycles. The van der Waals surface area contributed by atoms with E-state index in [4.69, 9.17) is 4.74 Å². The second-order valence-electron chi connectivity index (χ2n) is 5.73. The summed E-state index contributed by atoms with van der Waals surface area (Å²) in [6.07, 6.45) is 1.04. The molecule has 0 bridgehead atoms. The molecular weight excluding hydrogens is 192 g/mol. The monoisotopic (exact) mass is 212 g/mol. The van der Waals surface area contributed by atoms with Gasteiger partial charge in [-0.2, -0.15) is 0 Å². The topological polar surface area (TPSA) is 32.8 Å². The minimum absolute atomic E-state index is 0.173. The van der Waals surface area contributed by atoms with E-state index in [1.54, 1.807) is 4.90 Å². The van der Waals surface area contributed by atoms with Crippen molar-refractivity contribution in [1.29, 1.82) is 0 Å². The highest BCUT2D eigenvalue weighted by atomic mass is 16.6. The number of likely N-dealkylation sites (tertiary alicyclic amines) is 2. The average molecular weight is 212 g/mol. The molecule has 86 valence electrons. The zero-order chi connectivity index (χ0) is 11.3. The summed E-state index contributed by atoms with van der Waals surface area (Å²) in [5.74, 6) is 0. The van der Waals surface area contributed by atoms with Crippen molar-refractivity contribution < 1.29 is 9.53 Å². The Kier molecular flexibility index (Phi) is 2.23. The molecule has 1 spiro atoms. The first-order valence-corrected chi connectivity index (χ1v) is 5.52. The predicted molar refractivity (Wildman–Crippen MR) is 57.8 cm³/mol. The van der Waals surface area contributed by atoms with Gasteiger partial charge in [-0.05, 0) is 34.2 Å². The zero-order valence-corrected chi connectivity index (χ0v) is 10.0. The Balaban J connectivity index is 1.82. The van der Waals surface area contributed by atoms with Gasteiger partial charge in [0.1, 0.15) is 5.60 Å². The van der Waals surface area contributed by atoms with Gasteiger partial charge in [-0.1, -0.05) is 0 Å². The number of nitrogens with zero attached hydrogens (tertiary/aromatic N) is 2. The lowest BCUT2D eigenvalue weighted by Gasteiger charge is -2.61. The van der Waals surface area contributed by atoms with E-state index in [1.165, 1.54) is 6.42 Å². The van der Waals surface area contributed by atoms with Gasteiger partial charge >= 0.3 is 6.09 Å². The van der Waals surface area contributed by atoms with Gasteiger partial charge in [0.15, 0.2) is 0 Å². The molecule has 2 saturated heterocycles. The maximum absolute atomic E-state index is 11.7. The van der Waals surface area contributed by atoms with Crippen molar-refractivity contribution in [3.8, 4) is 0 Å². The lowest BCUT2D eigenvalue weighted by Crippen LogP contribution is -2.76. The van der Waals surface area contributed by atoms with Crippen LogP contribution in [-0.4, -0.2) is 53.7 Å². The van der Waals surface area contributed by atoms with E-state index >= 15 is 0 Å². The lowest BCUT2D eigenvalue weighted by atomic mass is 9.78. The number of hydrogen-bond acceptors (Lipinski definition) is 3. The van der Waals surface area contributed by atoms with Gasteiger partial charge in [-0.3, -0.25) is 4.90 Å². The Labute approximate surface area is 91.2 Å². The molecule has 0 aromatic rings. The van der Waals surface area contributed by atoms with Crippen LogP contribution in [0.15, 0.2) is 0 Å². The lowest BCUT2D eigenvalue weighted by molar-refractivity contribution is -0.107. The van der Waals surface area contributed by atoms with Crippen LogP contribution in [0.2, 0.25) is 0 Å². The summed E-state index contributed by atoms with van der Waals surface area (Å²) in [5.41, 5.74) is -0.0950. The van der Waals surface area contributed by atoms with Crippen LogP contribution in [0.5, 0.6) is 0 Å². The summed E-state index contributed by atoms with van der Waals surface area (Å²) in [6, 6.07) is 0. The SMILES string of the molecule is CN1CCC12CN(C(=O)OC(C)(C)C)C2. The summed E-state index contributed by atoms with van der Waals surface area (Å²) in [5, 5.41) is 0. The molecule has 0 radical (unpaired) electrons. The molecule has 0 unspecified atom stereocenters. The summed E-state index contributed by atoms with van der Waals surface area (Å²) < 4.78 is 5.31. The van der Waals surface area contributed by atoms with Crippen molar-refractivity contribution in [2.24, 2.45) is 0 Å². The summed E-state index contributed by atoms with van der Waals surface area (Å²) in [4.78, 5) is 15.8. The van der Waals surface area contributed by atoms with Crippen molar-refractivity contribution in [2.75, 3.05) is 26.7 Å². The van der Waals surface area contributed by atoms with E-state index in [0.29, 0.717) is 0 Å². The number of carbonyl (C=O) groups is 1. The Morgan fingerprint density at radius 1 is 1.33 bits per heavy atom. The largest absolute Gasteiger partial charge is 0.444 e. The first-order chi connectivity index (χ1) is 6.82. The number of rotatable bonds is 0. The van der Waals surface area contributed by atoms with Gasteiger partial charge in [0.05, 0.1) is 5.54 Å². The van der Waals surface area contributed by atoms with E-state index in [-0.39, 0.29) is 17.2 Å². The molecule has 4 heteroatoms. The van der Waals surface area contributed by atoms with Crippen molar-refractivity contribution in [3.05, 3.63) is 0 Å². The normalized spacial score (nSPS) is 24.7. The first kappa shape index (κ1) is 10.7. The molecule has 15 heavy (non-hydrogen) atoms. The summed E-state index contributed by atoms with van der Waals surface area (Å²) in [7, 11) is 2.12. The zero-order valence-electron chi connectivity index (χ0n) is 10.0. The number of hydrogen-bond donors (Lipinski definition) is 0. The standard InChI is InChI=1S/C11H20N2O2/c1-10(2,3)15-9(14)13-7-11(8-13)5-6-12(11)4/h5-8H2,1-4H3. The van der Waals surface area contributed by atoms with E-state index in [2.05, 4.69) is 11.9 Å². The highest BCUT2D eigenvalue weighted by Crippen LogP contribution is 2.38. The Bertz CT molecular complexity index is 277. The van der Waals surface area contributed by atoms with Gasteiger partial charge in [0, 0.05) is 19.6 Å². The molecule has 4 nitrogen and oxygen atoms in total. The average Bonchev–Trinajstić information content (AvgIpc) is 1.95. The van der Waals surface area contributed by atoms with Gasteiger partial charge in [-0.15, -0.1) is 0 Å². The number of amides is 1. The van der Waals surface area contributed by atoms with E-state index < -0.39 is 0 Å². The van der Waals surface area contributed by atoms with E-state index in [1.807, 2.05) is 20.8 Å². The second kappa shape index (κ2) is 3.11. The Morgan fingerprint density at radius 2 is 1.93 bits per heavy atom. The third kappa shape index (κ3) is 1.83. The molecule has 0 atom stereocenters. The van der Waals surface area contributed by atoms with Crippen LogP contribution in [-0.2, 0) is 4.74 Å². The van der Waals surface area contributed by atoms with Crippen molar-refractivity contribution in [2.45, 2.75) is 38.3 Å². The van der Waals surface area contributed by atoms with Crippen molar-refractivity contribution in [3.63, 3.8) is 0 Å². The first-order valence-electron chi connectivity index (χ1n) is 5.52. The van der Waals surface area contributed by atoms with E-state index in [0.717, 1.165) is 19.6 Å². The van der Waals surface area contributed by atoms with Crippen LogP contribution >= 0.6 is 0 Å². The van der Waals surface area contributed by atoms with Crippen LogP contribution < -0.4 is 0 Å². The maximum atomic E-state index is 11.7.